The van der Waals surface area contributed by atoms with E-state index < -0.39 is 0 Å². The van der Waals surface area contributed by atoms with Crippen LogP contribution in [0.25, 0.3) is 11.4 Å². The molecule has 1 amide bonds. The second-order valence-electron chi connectivity index (χ2n) is 5.18. The highest BCUT2D eigenvalue weighted by molar-refractivity contribution is 8.00. The van der Waals surface area contributed by atoms with Crippen molar-refractivity contribution >= 4 is 17.7 Å². The number of hydrogen-bond donors (Lipinski definition) is 1. The lowest BCUT2D eigenvalue weighted by molar-refractivity contribution is -0.120. The molecule has 0 aliphatic heterocycles. The SMILES string of the molecule is CCn1c(SC(C)C(=O)NCCCOC)nnc1-c1ccncc1. The standard InChI is InChI=1S/C16H23N5O2S/c1-4-21-14(13-6-9-17-10-7-13)19-20-16(21)24-12(2)15(22)18-8-5-11-23-3/h6-7,9-10,12H,4-5,8,11H2,1-3H3,(H,18,22). The Labute approximate surface area is 146 Å². The quantitative estimate of drug-likeness (QED) is 0.551. The summed E-state index contributed by atoms with van der Waals surface area (Å²) in [4.78, 5) is 16.2. The van der Waals surface area contributed by atoms with Gasteiger partial charge in [-0.05, 0) is 32.4 Å². The summed E-state index contributed by atoms with van der Waals surface area (Å²) in [6, 6.07) is 3.80. The van der Waals surface area contributed by atoms with Gasteiger partial charge in [0.05, 0.1) is 5.25 Å². The lowest BCUT2D eigenvalue weighted by Gasteiger charge is -2.12. The Kier molecular flexibility index (Phi) is 7.20. The van der Waals surface area contributed by atoms with Crippen molar-refractivity contribution in [2.45, 2.75) is 37.2 Å². The zero-order valence-electron chi connectivity index (χ0n) is 14.2. The Balaban J connectivity index is 2.02. The number of carbonyl (C=O) groups is 1. The van der Waals surface area contributed by atoms with E-state index in [1.54, 1.807) is 19.5 Å². The van der Waals surface area contributed by atoms with Crippen LogP contribution in [0.4, 0.5) is 0 Å². The maximum absolute atomic E-state index is 12.1. The summed E-state index contributed by atoms with van der Waals surface area (Å²) in [5, 5.41) is 11.9. The first-order valence-electron chi connectivity index (χ1n) is 7.94. The highest BCUT2D eigenvalue weighted by Gasteiger charge is 2.19. The first-order valence-corrected chi connectivity index (χ1v) is 8.82. The molecule has 1 atom stereocenters. The zero-order chi connectivity index (χ0) is 17.4. The van der Waals surface area contributed by atoms with Crippen LogP contribution in [0, 0.1) is 0 Å². The first kappa shape index (κ1) is 18.4. The number of methoxy groups -OCH3 is 1. The van der Waals surface area contributed by atoms with Crippen molar-refractivity contribution in [1.29, 1.82) is 0 Å². The number of aromatic nitrogens is 4. The Morgan fingerprint density at radius 3 is 2.79 bits per heavy atom. The van der Waals surface area contributed by atoms with Gasteiger partial charge < -0.3 is 14.6 Å². The van der Waals surface area contributed by atoms with Gasteiger partial charge in [-0.3, -0.25) is 9.78 Å². The molecule has 1 unspecified atom stereocenters. The summed E-state index contributed by atoms with van der Waals surface area (Å²) >= 11 is 1.41. The molecule has 0 bridgehead atoms. The largest absolute Gasteiger partial charge is 0.385 e. The van der Waals surface area contributed by atoms with Gasteiger partial charge in [0.15, 0.2) is 11.0 Å². The normalized spacial score (nSPS) is 12.1. The summed E-state index contributed by atoms with van der Waals surface area (Å²) < 4.78 is 6.98. The number of pyridine rings is 1. The molecule has 2 aromatic heterocycles. The topological polar surface area (TPSA) is 81.9 Å². The van der Waals surface area contributed by atoms with Crippen LogP contribution >= 0.6 is 11.8 Å². The Morgan fingerprint density at radius 1 is 1.38 bits per heavy atom. The zero-order valence-corrected chi connectivity index (χ0v) is 15.0. The molecule has 1 N–H and O–H groups in total. The molecule has 7 nitrogen and oxygen atoms in total. The van der Waals surface area contributed by atoms with Gasteiger partial charge in [-0.25, -0.2) is 0 Å². The molecule has 0 saturated carbocycles. The average Bonchev–Trinajstić information content (AvgIpc) is 3.01. The van der Waals surface area contributed by atoms with Crippen LogP contribution in [-0.4, -0.2) is 51.2 Å². The van der Waals surface area contributed by atoms with Gasteiger partial charge in [0.25, 0.3) is 0 Å². The van der Waals surface area contributed by atoms with E-state index in [9.17, 15) is 4.79 Å². The maximum Gasteiger partial charge on any atom is 0.233 e. The summed E-state index contributed by atoms with van der Waals surface area (Å²) in [5.74, 6) is 0.780. The molecule has 2 heterocycles. The van der Waals surface area contributed by atoms with E-state index in [2.05, 4.69) is 20.5 Å². The molecule has 8 heteroatoms. The molecule has 0 aliphatic rings. The molecule has 0 radical (unpaired) electrons. The molecule has 24 heavy (non-hydrogen) atoms. The fourth-order valence-electron chi connectivity index (χ4n) is 2.16. The number of nitrogens with zero attached hydrogens (tertiary/aromatic N) is 4. The fourth-order valence-corrected chi connectivity index (χ4v) is 3.10. The van der Waals surface area contributed by atoms with Crippen LogP contribution in [0.3, 0.4) is 0 Å². The van der Waals surface area contributed by atoms with Crippen molar-refractivity contribution in [3.8, 4) is 11.4 Å². The van der Waals surface area contributed by atoms with Crippen molar-refractivity contribution in [2.75, 3.05) is 20.3 Å². The van der Waals surface area contributed by atoms with Gasteiger partial charge in [-0.1, -0.05) is 11.8 Å². The van der Waals surface area contributed by atoms with Crippen molar-refractivity contribution in [3.63, 3.8) is 0 Å². The minimum Gasteiger partial charge on any atom is -0.385 e. The number of ether oxygens (including phenoxy) is 1. The highest BCUT2D eigenvalue weighted by atomic mass is 32.2. The second kappa shape index (κ2) is 9.39. The summed E-state index contributed by atoms with van der Waals surface area (Å²) in [6.07, 6.45) is 4.26. The van der Waals surface area contributed by atoms with E-state index in [0.29, 0.717) is 13.2 Å². The number of nitrogens with one attached hydrogen (secondary N) is 1. The van der Waals surface area contributed by atoms with E-state index in [1.165, 1.54) is 11.8 Å². The molecule has 2 rings (SSSR count). The third-order valence-corrected chi connectivity index (χ3v) is 4.53. The molecule has 0 saturated heterocycles. The molecule has 0 aliphatic carbocycles. The van der Waals surface area contributed by atoms with Gasteiger partial charge in [-0.2, -0.15) is 0 Å². The summed E-state index contributed by atoms with van der Waals surface area (Å²) in [7, 11) is 1.65. The van der Waals surface area contributed by atoms with Gasteiger partial charge >= 0.3 is 0 Å². The van der Waals surface area contributed by atoms with Crippen molar-refractivity contribution in [2.24, 2.45) is 0 Å². The Morgan fingerprint density at radius 2 is 2.12 bits per heavy atom. The minimum atomic E-state index is -0.243. The van der Waals surface area contributed by atoms with Gasteiger partial charge in [0.2, 0.25) is 5.91 Å². The smallest absolute Gasteiger partial charge is 0.233 e. The molecule has 0 spiro atoms. The fraction of sp³-hybridized carbons (Fsp3) is 0.500. The third-order valence-electron chi connectivity index (χ3n) is 3.45. The Bertz CT molecular complexity index is 647. The van der Waals surface area contributed by atoms with Gasteiger partial charge in [-0.15, -0.1) is 10.2 Å². The second-order valence-corrected chi connectivity index (χ2v) is 6.49. The van der Waals surface area contributed by atoms with Crippen LogP contribution < -0.4 is 5.32 Å². The number of hydrogen-bond acceptors (Lipinski definition) is 6. The average molecular weight is 349 g/mol. The van der Waals surface area contributed by atoms with Gasteiger partial charge in [0.1, 0.15) is 0 Å². The van der Waals surface area contributed by atoms with Crippen molar-refractivity contribution in [3.05, 3.63) is 24.5 Å². The monoisotopic (exact) mass is 349 g/mol. The predicted molar refractivity (Wildman–Crippen MR) is 93.7 cm³/mol. The molecular formula is C16H23N5O2S. The molecular weight excluding hydrogens is 326 g/mol. The predicted octanol–water partition coefficient (Wildman–Crippen LogP) is 1.99. The lowest BCUT2D eigenvalue weighted by Crippen LogP contribution is -2.32. The summed E-state index contributed by atoms with van der Waals surface area (Å²) in [5.41, 5.74) is 0.961. The van der Waals surface area contributed by atoms with Crippen LogP contribution in [0.5, 0.6) is 0 Å². The van der Waals surface area contributed by atoms with Crippen molar-refractivity contribution < 1.29 is 9.53 Å². The molecule has 2 aromatic rings. The molecule has 0 fully saturated rings. The number of carbonyl (C=O) groups excluding carboxylic acids is 1. The lowest BCUT2D eigenvalue weighted by atomic mass is 10.2. The van der Waals surface area contributed by atoms with E-state index in [1.807, 2.05) is 30.5 Å². The van der Waals surface area contributed by atoms with E-state index in [4.69, 9.17) is 4.74 Å². The molecule has 0 aromatic carbocycles. The van der Waals surface area contributed by atoms with E-state index in [-0.39, 0.29) is 11.2 Å². The number of thioether (sulfide) groups is 1. The number of rotatable bonds is 9. The molecule has 130 valence electrons. The third kappa shape index (κ3) is 4.78. The highest BCUT2D eigenvalue weighted by Crippen LogP contribution is 2.26. The van der Waals surface area contributed by atoms with Crippen LogP contribution in [-0.2, 0) is 16.1 Å². The van der Waals surface area contributed by atoms with Crippen molar-refractivity contribution in [1.82, 2.24) is 25.1 Å². The van der Waals surface area contributed by atoms with Crippen LogP contribution in [0.2, 0.25) is 0 Å². The Hall–Kier alpha value is -1.93. The summed E-state index contributed by atoms with van der Waals surface area (Å²) in [6.45, 7) is 5.89. The van der Waals surface area contributed by atoms with Crippen LogP contribution in [0.1, 0.15) is 20.3 Å². The minimum absolute atomic E-state index is 0.00721. The first-order chi connectivity index (χ1) is 11.7. The van der Waals surface area contributed by atoms with E-state index in [0.717, 1.165) is 29.5 Å². The van der Waals surface area contributed by atoms with Gasteiger partial charge in [0, 0.05) is 44.8 Å². The maximum atomic E-state index is 12.1. The van der Waals surface area contributed by atoms with E-state index >= 15 is 0 Å². The van der Waals surface area contributed by atoms with Crippen LogP contribution in [0.15, 0.2) is 29.7 Å². The number of amides is 1.